The normalized spacial score (nSPS) is 27.0. The van der Waals surface area contributed by atoms with Gasteiger partial charge in [0.05, 0.1) is 7.11 Å². The predicted octanol–water partition coefficient (Wildman–Crippen LogP) is 7.69. The number of rotatable bonds is 10. The molecule has 0 N–H and O–H groups in total. The topological polar surface area (TPSA) is 62.7 Å². The average molecular weight is 630 g/mol. The van der Waals surface area contributed by atoms with Gasteiger partial charge in [0.25, 0.3) is 0 Å². The number of hydrogen-bond acceptors (Lipinski definition) is 6. The number of ether oxygens (including phenoxy) is 1. The van der Waals surface area contributed by atoms with Crippen molar-refractivity contribution in [2.45, 2.75) is 57.4 Å². The number of fused-ring (bicyclic) bond motifs is 2. The highest BCUT2D eigenvalue weighted by Crippen LogP contribution is 2.43. The summed E-state index contributed by atoms with van der Waals surface area (Å²) in [5.74, 6) is 3.52. The third-order valence-corrected chi connectivity index (χ3v) is 11.8. The van der Waals surface area contributed by atoms with Crippen LogP contribution in [0.3, 0.4) is 0 Å². The van der Waals surface area contributed by atoms with Gasteiger partial charge in [0, 0.05) is 71.8 Å². The first-order chi connectivity index (χ1) is 23.0. The molecular formula is C41H47N3O3. The summed E-state index contributed by atoms with van der Waals surface area (Å²) in [5, 5.41) is 4.27. The maximum Gasteiger partial charge on any atom is 0.167 e. The molecule has 2 aliphatic heterocycles. The second-order valence-corrected chi connectivity index (χ2v) is 15.0. The second kappa shape index (κ2) is 13.1. The van der Waals surface area contributed by atoms with Crippen molar-refractivity contribution in [3.05, 3.63) is 84.2 Å². The molecule has 2 saturated carbocycles. The highest BCUT2D eigenvalue weighted by atomic mass is 16.5. The minimum Gasteiger partial charge on any atom is -0.496 e. The Morgan fingerprint density at radius 3 is 2.51 bits per heavy atom. The molecule has 2 saturated heterocycles. The number of pyridine rings is 1. The fourth-order valence-electron chi connectivity index (χ4n) is 8.92. The van der Waals surface area contributed by atoms with E-state index in [9.17, 15) is 9.59 Å². The molecule has 4 aliphatic rings. The molecule has 4 aromatic rings. The summed E-state index contributed by atoms with van der Waals surface area (Å²) in [6.07, 6.45) is 13.1. The van der Waals surface area contributed by atoms with Gasteiger partial charge in [0.15, 0.2) is 11.6 Å². The fraction of sp³-hybridized carbons (Fsp3) is 0.488. The van der Waals surface area contributed by atoms with E-state index in [0.717, 1.165) is 103 Å². The highest BCUT2D eigenvalue weighted by molar-refractivity contribution is 6.03. The van der Waals surface area contributed by atoms with Crippen LogP contribution >= 0.6 is 0 Å². The van der Waals surface area contributed by atoms with Crippen LogP contribution in [-0.4, -0.2) is 72.2 Å². The summed E-state index contributed by atoms with van der Waals surface area (Å²) in [6.45, 7) is 5.14. The molecule has 3 aromatic carbocycles. The number of hydrogen-bond donors (Lipinski definition) is 0. The van der Waals surface area contributed by atoms with Crippen molar-refractivity contribution in [1.82, 2.24) is 14.8 Å². The summed E-state index contributed by atoms with van der Waals surface area (Å²) in [6, 6.07) is 20.8. The van der Waals surface area contributed by atoms with Crippen LogP contribution in [0.25, 0.3) is 21.5 Å². The van der Waals surface area contributed by atoms with Gasteiger partial charge < -0.3 is 9.64 Å². The van der Waals surface area contributed by atoms with E-state index in [1.54, 1.807) is 13.3 Å². The Kier molecular flexibility index (Phi) is 8.57. The monoisotopic (exact) mass is 629 g/mol. The van der Waals surface area contributed by atoms with Gasteiger partial charge in [-0.05, 0) is 123 Å². The Labute approximate surface area is 278 Å². The number of benzene rings is 3. The molecule has 244 valence electrons. The highest BCUT2D eigenvalue weighted by Gasteiger charge is 2.42. The lowest BCUT2D eigenvalue weighted by atomic mass is 9.68. The minimum atomic E-state index is 0.0549. The van der Waals surface area contributed by atoms with E-state index >= 15 is 0 Å². The number of nitrogens with zero attached hydrogens (tertiary/aromatic N) is 3. The molecule has 6 nitrogen and oxygen atoms in total. The Morgan fingerprint density at radius 2 is 1.66 bits per heavy atom. The van der Waals surface area contributed by atoms with E-state index in [4.69, 9.17) is 4.74 Å². The zero-order valence-electron chi connectivity index (χ0n) is 27.7. The maximum atomic E-state index is 14.2. The zero-order valence-corrected chi connectivity index (χ0v) is 27.7. The van der Waals surface area contributed by atoms with Crippen molar-refractivity contribution in [2.75, 3.05) is 39.8 Å². The maximum absolute atomic E-state index is 14.2. The Hall–Kier alpha value is -3.61. The lowest BCUT2D eigenvalue weighted by Gasteiger charge is -2.48. The van der Waals surface area contributed by atoms with Crippen molar-refractivity contribution in [3.8, 4) is 5.75 Å². The lowest BCUT2D eigenvalue weighted by Crippen LogP contribution is -2.51. The molecule has 0 radical (unpaired) electrons. The molecule has 0 amide bonds. The van der Waals surface area contributed by atoms with Gasteiger partial charge in [0.1, 0.15) is 5.75 Å². The smallest absolute Gasteiger partial charge is 0.167 e. The number of carbonyl (C=O) groups excluding carboxylic acids is 2. The van der Waals surface area contributed by atoms with E-state index < -0.39 is 0 Å². The molecule has 0 bridgehead atoms. The number of aromatic nitrogens is 1. The van der Waals surface area contributed by atoms with Gasteiger partial charge >= 0.3 is 0 Å². The van der Waals surface area contributed by atoms with Crippen LogP contribution < -0.4 is 4.74 Å². The standard InChI is InChI=1S/C41H47N3O3/c1-47-39-6-2-4-30-22-33(11-12-37(30)39)41(46)38-26-43(24-27-7-8-27)17-14-31(38)18-28-19-36(20-28)44-16-3-5-35(25-44)40(45)32-9-10-34-23-42-15-13-29(34)21-32/h2,4,6,9-13,15,21-23,27-28,31,35-36,38H,3,5,7-8,14,16-20,24-26H2,1H3/t28?,31-,35?,36?,38-/m0/s1. The van der Waals surface area contributed by atoms with E-state index in [-0.39, 0.29) is 17.6 Å². The Balaban J connectivity index is 0.913. The first-order valence-electron chi connectivity index (χ1n) is 18.0. The number of piperidine rings is 2. The van der Waals surface area contributed by atoms with Crippen molar-refractivity contribution >= 4 is 33.1 Å². The van der Waals surface area contributed by atoms with Gasteiger partial charge in [0.2, 0.25) is 0 Å². The Bertz CT molecular complexity index is 1780. The van der Waals surface area contributed by atoms with Crippen LogP contribution in [-0.2, 0) is 0 Å². The summed E-state index contributed by atoms with van der Waals surface area (Å²) in [5.41, 5.74) is 1.67. The summed E-state index contributed by atoms with van der Waals surface area (Å²) in [7, 11) is 1.70. The molecule has 8 rings (SSSR count). The minimum absolute atomic E-state index is 0.0549. The van der Waals surface area contributed by atoms with Crippen LogP contribution in [0.2, 0.25) is 0 Å². The van der Waals surface area contributed by atoms with Crippen molar-refractivity contribution < 1.29 is 14.3 Å². The SMILES string of the molecule is COc1cccc2cc(C(=O)[C@H]3CN(CC4CC4)CC[C@H]3CC3CC(N4CCCC(C(=O)c5ccc6cnccc6c5)C4)C3)ccc12. The van der Waals surface area contributed by atoms with Gasteiger partial charge in [-0.2, -0.15) is 0 Å². The third kappa shape index (κ3) is 6.47. The number of Topliss-reactive ketones (excluding diaryl/α,β-unsaturated/α-hetero) is 2. The van der Waals surface area contributed by atoms with Crippen LogP contribution in [0.5, 0.6) is 5.75 Å². The van der Waals surface area contributed by atoms with Gasteiger partial charge in [-0.15, -0.1) is 0 Å². The fourth-order valence-corrected chi connectivity index (χ4v) is 8.92. The molecule has 3 atom stereocenters. The Morgan fingerprint density at radius 1 is 0.830 bits per heavy atom. The number of ketones is 2. The van der Waals surface area contributed by atoms with Crippen LogP contribution in [0.1, 0.15) is 72.1 Å². The average Bonchev–Trinajstić information content (AvgIpc) is 3.92. The summed E-state index contributed by atoms with van der Waals surface area (Å²) >= 11 is 0. The largest absolute Gasteiger partial charge is 0.496 e. The molecule has 1 aromatic heterocycles. The van der Waals surface area contributed by atoms with Crippen molar-refractivity contribution in [3.63, 3.8) is 0 Å². The zero-order chi connectivity index (χ0) is 31.9. The molecule has 0 spiro atoms. The van der Waals surface area contributed by atoms with Crippen molar-refractivity contribution in [1.29, 1.82) is 0 Å². The van der Waals surface area contributed by atoms with Gasteiger partial charge in [-0.1, -0.05) is 30.3 Å². The lowest BCUT2D eigenvalue weighted by molar-refractivity contribution is 0.0197. The molecule has 2 aliphatic carbocycles. The summed E-state index contributed by atoms with van der Waals surface area (Å²) in [4.78, 5) is 37.2. The van der Waals surface area contributed by atoms with E-state index in [1.165, 1.54) is 25.7 Å². The quantitative estimate of drug-likeness (QED) is 0.168. The first-order valence-corrected chi connectivity index (χ1v) is 18.0. The molecule has 47 heavy (non-hydrogen) atoms. The molecule has 4 fully saturated rings. The van der Waals surface area contributed by atoms with Gasteiger partial charge in [-0.25, -0.2) is 0 Å². The molecule has 1 unspecified atom stereocenters. The number of likely N-dealkylation sites (tertiary alicyclic amines) is 2. The number of methoxy groups -OCH3 is 1. The number of carbonyl (C=O) groups is 2. The first kappa shape index (κ1) is 30.7. The molecule has 6 heteroatoms. The summed E-state index contributed by atoms with van der Waals surface area (Å²) < 4.78 is 5.57. The third-order valence-electron chi connectivity index (χ3n) is 11.8. The van der Waals surface area contributed by atoms with Crippen molar-refractivity contribution in [2.24, 2.45) is 29.6 Å². The molecular weight excluding hydrogens is 582 g/mol. The van der Waals surface area contributed by atoms with Gasteiger partial charge in [-0.3, -0.25) is 19.5 Å². The van der Waals surface area contributed by atoms with E-state index in [1.807, 2.05) is 48.7 Å². The van der Waals surface area contributed by atoms with Crippen LogP contribution in [0.15, 0.2) is 73.1 Å². The van der Waals surface area contributed by atoms with E-state index in [2.05, 4.69) is 33.0 Å². The van der Waals surface area contributed by atoms with Crippen LogP contribution in [0.4, 0.5) is 0 Å². The molecule has 3 heterocycles. The second-order valence-electron chi connectivity index (χ2n) is 15.0. The van der Waals surface area contributed by atoms with E-state index in [0.29, 0.717) is 23.7 Å². The van der Waals surface area contributed by atoms with Crippen LogP contribution in [0, 0.1) is 29.6 Å². The predicted molar refractivity (Wildman–Crippen MR) is 187 cm³/mol.